The third-order valence-electron chi connectivity index (χ3n) is 3.30. The molecular formula is C12H17Cl2SiZr. The number of rotatable bonds is 3. The molecule has 0 nitrogen and oxygen atoms in total. The Labute approximate surface area is 107 Å². The maximum absolute atomic E-state index is 6.82. The summed E-state index contributed by atoms with van der Waals surface area (Å²) in [5.74, 6) is -1.25. The quantitative estimate of drug-likeness (QED) is 0.641. The number of halogens is 2. The van der Waals surface area contributed by atoms with Gasteiger partial charge < -0.3 is 0 Å². The topological polar surface area (TPSA) is 0 Å². The monoisotopic (exact) mass is 349 g/mol. The van der Waals surface area contributed by atoms with Crippen molar-refractivity contribution in [1.29, 1.82) is 0 Å². The molecule has 0 heterocycles. The van der Waals surface area contributed by atoms with Crippen LogP contribution >= 0.6 is 17.0 Å². The van der Waals surface area contributed by atoms with E-state index in [2.05, 4.69) is 57.9 Å². The predicted molar refractivity (Wildman–Crippen MR) is 74.6 cm³/mol. The van der Waals surface area contributed by atoms with Crippen LogP contribution in [-0.2, 0) is 15.6 Å². The standard InChI is InChI=1S/C10H11Si.2CH3.2ClH.Zr/c1-2-6-9(5-1)11-10-7-3-4-8-10;;;;;/h1-11H;2*1H3;2*1H;/q;;;;;+2/p-2. The first-order valence-electron chi connectivity index (χ1n) is 5.67. The van der Waals surface area contributed by atoms with E-state index in [0.717, 1.165) is 0 Å². The molecule has 2 aliphatic carbocycles. The summed E-state index contributed by atoms with van der Waals surface area (Å²) >= 11 is -3.42. The summed E-state index contributed by atoms with van der Waals surface area (Å²) in [7, 11) is 13.6. The number of allylic oxidation sites excluding steroid dienone is 8. The number of hydrogen-bond donors (Lipinski definition) is 0. The van der Waals surface area contributed by atoms with E-state index in [1.54, 1.807) is 0 Å². The molecule has 0 unspecified atom stereocenters. The van der Waals surface area contributed by atoms with E-state index in [9.17, 15) is 0 Å². The Morgan fingerprint density at radius 3 is 1.38 bits per heavy atom. The molecule has 0 aromatic heterocycles. The zero-order valence-electron chi connectivity index (χ0n) is 9.61. The Morgan fingerprint density at radius 1 is 0.812 bits per heavy atom. The van der Waals surface area contributed by atoms with Crippen LogP contribution in [0.15, 0.2) is 48.6 Å². The molecule has 0 spiro atoms. The van der Waals surface area contributed by atoms with Gasteiger partial charge in [0.15, 0.2) is 0 Å². The van der Waals surface area contributed by atoms with Crippen molar-refractivity contribution in [3.8, 4) is 0 Å². The van der Waals surface area contributed by atoms with Crippen LogP contribution in [0.2, 0.25) is 20.3 Å². The van der Waals surface area contributed by atoms with Crippen molar-refractivity contribution in [1.82, 2.24) is 0 Å². The van der Waals surface area contributed by atoms with Gasteiger partial charge in [0, 0.05) is 0 Å². The second-order valence-corrected chi connectivity index (χ2v) is 52.8. The average molecular weight is 351 g/mol. The van der Waals surface area contributed by atoms with Crippen LogP contribution in [0.1, 0.15) is 0 Å². The van der Waals surface area contributed by atoms with E-state index in [0.29, 0.717) is 11.1 Å². The molecule has 0 bridgehead atoms. The van der Waals surface area contributed by atoms with Crippen molar-refractivity contribution in [2.24, 2.45) is 0 Å². The molecule has 2 aliphatic rings. The van der Waals surface area contributed by atoms with Crippen molar-refractivity contribution in [3.05, 3.63) is 48.6 Å². The molecule has 0 atom stereocenters. The van der Waals surface area contributed by atoms with Crippen molar-refractivity contribution >= 4 is 22.9 Å². The first-order valence-corrected chi connectivity index (χ1v) is 23.1. The van der Waals surface area contributed by atoms with Crippen LogP contribution in [0.3, 0.4) is 0 Å². The molecule has 0 amide bonds. The van der Waals surface area contributed by atoms with Crippen LogP contribution < -0.4 is 0 Å². The van der Waals surface area contributed by atoms with Crippen LogP contribution in [0, 0.1) is 0 Å². The van der Waals surface area contributed by atoms with E-state index in [1.165, 1.54) is 0 Å². The third kappa shape index (κ3) is 2.90. The van der Waals surface area contributed by atoms with Crippen LogP contribution in [-0.4, -0.2) is 5.92 Å². The Bertz CT molecular complexity index is 340. The van der Waals surface area contributed by atoms with Gasteiger partial charge in [-0.3, -0.25) is 0 Å². The molecule has 0 aliphatic heterocycles. The van der Waals surface area contributed by atoms with Gasteiger partial charge in [0.1, 0.15) is 0 Å². The fourth-order valence-electron chi connectivity index (χ4n) is 2.69. The zero-order chi connectivity index (χ0) is 11.8. The molecule has 0 saturated carbocycles. The molecule has 16 heavy (non-hydrogen) atoms. The van der Waals surface area contributed by atoms with Gasteiger partial charge in [0.2, 0.25) is 0 Å². The SMILES string of the molecule is [CH3][Zr]([CH3])([Cl])([Cl])[SiH](C1C=CC=C1)C1C=CC=C1. The average Bonchev–Trinajstić information content (AvgIpc) is 2.72. The van der Waals surface area contributed by atoms with Gasteiger partial charge in [0.05, 0.1) is 0 Å². The first-order chi connectivity index (χ1) is 7.35. The van der Waals surface area contributed by atoms with Gasteiger partial charge in [-0.25, -0.2) is 0 Å². The molecule has 0 saturated heterocycles. The first kappa shape index (κ1) is 13.1. The van der Waals surface area contributed by atoms with E-state index in [1.807, 2.05) is 0 Å². The second-order valence-electron chi connectivity index (χ2n) is 5.34. The molecule has 0 fully saturated rings. The summed E-state index contributed by atoms with van der Waals surface area (Å²) in [6.45, 7) is 0. The van der Waals surface area contributed by atoms with E-state index in [4.69, 9.17) is 17.0 Å². The van der Waals surface area contributed by atoms with Crippen molar-refractivity contribution in [2.75, 3.05) is 0 Å². The summed E-state index contributed by atoms with van der Waals surface area (Å²) in [6.07, 6.45) is 17.6. The van der Waals surface area contributed by atoms with Gasteiger partial charge >= 0.3 is 107 Å². The van der Waals surface area contributed by atoms with E-state index >= 15 is 0 Å². The minimum atomic E-state index is -3.42. The fourth-order valence-corrected chi connectivity index (χ4v) is 36.0. The minimum absolute atomic E-state index is 0.535. The van der Waals surface area contributed by atoms with Gasteiger partial charge in [-0.05, 0) is 0 Å². The van der Waals surface area contributed by atoms with Crippen LogP contribution in [0.25, 0.3) is 0 Å². The van der Waals surface area contributed by atoms with Crippen molar-refractivity contribution < 1.29 is 15.6 Å². The molecule has 0 aromatic rings. The Morgan fingerprint density at radius 2 is 1.12 bits per heavy atom. The molecule has 0 radical (unpaired) electrons. The molecule has 2 rings (SSSR count). The normalized spacial score (nSPS) is 23.4. The molecule has 4 heteroatoms. The van der Waals surface area contributed by atoms with Crippen LogP contribution in [0.4, 0.5) is 0 Å². The predicted octanol–water partition coefficient (Wildman–Crippen LogP) is 4.80. The van der Waals surface area contributed by atoms with Gasteiger partial charge in [-0.1, -0.05) is 0 Å². The summed E-state index contributed by atoms with van der Waals surface area (Å²) < 4.78 is 4.34. The Hall–Kier alpha value is 0.640. The van der Waals surface area contributed by atoms with Crippen molar-refractivity contribution in [3.63, 3.8) is 0 Å². The summed E-state index contributed by atoms with van der Waals surface area (Å²) in [4.78, 5) is 0. The van der Waals surface area contributed by atoms with E-state index < -0.39 is 21.5 Å². The zero-order valence-corrected chi connectivity index (χ0v) is 14.7. The summed E-state index contributed by atoms with van der Waals surface area (Å²) in [6, 6.07) is 0. The van der Waals surface area contributed by atoms with Gasteiger partial charge in [0.25, 0.3) is 0 Å². The van der Waals surface area contributed by atoms with Crippen LogP contribution in [0.5, 0.6) is 0 Å². The Balaban J connectivity index is 2.34. The second kappa shape index (κ2) is 4.39. The molecule has 87 valence electrons. The summed E-state index contributed by atoms with van der Waals surface area (Å²) in [5, 5.41) is 0. The summed E-state index contributed by atoms with van der Waals surface area (Å²) in [5.41, 5.74) is 1.07. The molecule has 0 aromatic carbocycles. The molecule has 0 N–H and O–H groups in total. The Kier molecular flexibility index (Phi) is 3.59. The molecular weight excluding hydrogens is 334 g/mol. The van der Waals surface area contributed by atoms with Gasteiger partial charge in [-0.2, -0.15) is 0 Å². The number of hydrogen-bond acceptors (Lipinski definition) is 0. The van der Waals surface area contributed by atoms with E-state index in [-0.39, 0.29) is 0 Å². The third-order valence-corrected chi connectivity index (χ3v) is 35.9. The van der Waals surface area contributed by atoms with Crippen molar-refractivity contribution in [2.45, 2.75) is 20.3 Å². The fraction of sp³-hybridized carbons (Fsp3) is 0.333. The maximum atomic E-state index is 6.82. The van der Waals surface area contributed by atoms with Gasteiger partial charge in [-0.15, -0.1) is 0 Å².